The van der Waals surface area contributed by atoms with Gasteiger partial charge in [0.1, 0.15) is 0 Å². The second kappa shape index (κ2) is 17.0. The Morgan fingerprint density at radius 3 is 2.05 bits per heavy atom. The van der Waals surface area contributed by atoms with Crippen LogP contribution in [0.2, 0.25) is 0 Å². The third kappa shape index (κ3) is 13.4. The van der Waals surface area contributed by atoms with Crippen LogP contribution in [0.1, 0.15) is 6.92 Å². The first-order valence-corrected chi connectivity index (χ1v) is 8.27. The Labute approximate surface area is 135 Å². The molecule has 0 unspecified atom stereocenters. The highest BCUT2D eigenvalue weighted by Crippen LogP contribution is 1.84. The Hall–Kier alpha value is -0.320. The van der Waals surface area contributed by atoms with Crippen molar-refractivity contribution < 1.29 is 10.2 Å². The number of hydrogen-bond donors (Lipinski definition) is 6. The van der Waals surface area contributed by atoms with Gasteiger partial charge in [-0.15, -0.1) is 0 Å². The van der Waals surface area contributed by atoms with Crippen molar-refractivity contribution in [1.29, 1.82) is 0 Å². The lowest BCUT2D eigenvalue weighted by molar-refractivity contribution is 0.100. The van der Waals surface area contributed by atoms with Gasteiger partial charge in [0, 0.05) is 58.9 Å². The molecule has 0 aliphatic rings. The molecule has 0 saturated carbocycles. The van der Waals surface area contributed by atoms with Crippen molar-refractivity contribution in [2.45, 2.75) is 6.92 Å². The number of nitrogens with zero attached hydrogens (tertiary/aromatic N) is 2. The van der Waals surface area contributed by atoms with Crippen molar-refractivity contribution in [2.24, 2.45) is 5.73 Å². The summed E-state index contributed by atoms with van der Waals surface area (Å²) in [5, 5.41) is 28.0. The average molecular weight is 320 g/mol. The monoisotopic (exact) mass is 320 g/mol. The van der Waals surface area contributed by atoms with Gasteiger partial charge in [0.15, 0.2) is 0 Å². The Bertz CT molecular complexity index is 224. The van der Waals surface area contributed by atoms with Gasteiger partial charge in [-0.1, -0.05) is 6.92 Å². The van der Waals surface area contributed by atoms with Gasteiger partial charge in [0.2, 0.25) is 0 Å². The zero-order valence-corrected chi connectivity index (χ0v) is 14.1. The third-order valence-corrected chi connectivity index (χ3v) is 3.41. The Kier molecular flexibility index (Phi) is 16.8. The van der Waals surface area contributed by atoms with Crippen LogP contribution in [-0.2, 0) is 0 Å². The third-order valence-electron chi connectivity index (χ3n) is 3.41. The predicted octanol–water partition coefficient (Wildman–Crippen LogP) is -2.76. The van der Waals surface area contributed by atoms with Gasteiger partial charge < -0.3 is 36.8 Å². The van der Waals surface area contributed by atoms with Gasteiger partial charge in [-0.05, 0) is 6.54 Å². The largest absolute Gasteiger partial charge is 0.395 e. The van der Waals surface area contributed by atoms with Crippen molar-refractivity contribution in [1.82, 2.24) is 25.8 Å². The van der Waals surface area contributed by atoms with Crippen LogP contribution in [0, 0.1) is 0 Å². The minimum Gasteiger partial charge on any atom is -0.395 e. The van der Waals surface area contributed by atoms with Crippen LogP contribution in [-0.4, -0.2) is 105 Å². The molecule has 0 saturated heterocycles. The summed E-state index contributed by atoms with van der Waals surface area (Å²) in [5.74, 6) is 0. The van der Waals surface area contributed by atoms with E-state index in [0.29, 0.717) is 13.2 Å². The van der Waals surface area contributed by atoms with Crippen molar-refractivity contribution in [2.75, 3.05) is 85.5 Å². The number of likely N-dealkylation sites (N-methyl/N-ethyl adjacent to an activating group) is 1. The van der Waals surface area contributed by atoms with E-state index in [1.807, 2.05) is 4.90 Å². The van der Waals surface area contributed by atoms with Crippen molar-refractivity contribution in [3.63, 3.8) is 0 Å². The van der Waals surface area contributed by atoms with E-state index in [0.717, 1.165) is 58.9 Å². The molecule has 22 heavy (non-hydrogen) atoms. The highest BCUT2D eigenvalue weighted by molar-refractivity contribution is 4.60. The molecule has 0 heterocycles. The summed E-state index contributed by atoms with van der Waals surface area (Å²) < 4.78 is 0. The van der Waals surface area contributed by atoms with Gasteiger partial charge in [0.25, 0.3) is 0 Å². The minimum atomic E-state index is 0.0529. The summed E-state index contributed by atoms with van der Waals surface area (Å²) in [4.78, 5) is 4.14. The van der Waals surface area contributed by atoms with Crippen molar-refractivity contribution in [3.05, 3.63) is 0 Å². The van der Waals surface area contributed by atoms with Gasteiger partial charge in [-0.25, -0.2) is 0 Å². The van der Waals surface area contributed by atoms with Crippen LogP contribution < -0.4 is 21.7 Å². The Balaban J connectivity index is 3.42. The molecule has 7 N–H and O–H groups in total. The fourth-order valence-corrected chi connectivity index (χ4v) is 2.01. The van der Waals surface area contributed by atoms with Crippen LogP contribution in [0.3, 0.4) is 0 Å². The second-order valence-corrected chi connectivity index (χ2v) is 5.14. The summed E-state index contributed by atoms with van der Waals surface area (Å²) in [5.41, 5.74) is 5.40. The molecule has 0 radical (unpaired) electrons. The van der Waals surface area contributed by atoms with E-state index in [4.69, 9.17) is 10.8 Å². The lowest BCUT2D eigenvalue weighted by atomic mass is 10.4. The maximum Gasteiger partial charge on any atom is 0.0967 e. The van der Waals surface area contributed by atoms with E-state index >= 15 is 0 Å². The van der Waals surface area contributed by atoms with E-state index in [9.17, 15) is 5.11 Å². The van der Waals surface area contributed by atoms with Gasteiger partial charge in [-0.3, -0.25) is 4.90 Å². The molecular formula is C14H36N6O2. The molecule has 134 valence electrons. The minimum absolute atomic E-state index is 0.0529. The summed E-state index contributed by atoms with van der Waals surface area (Å²) in [6.45, 7) is 11.4. The van der Waals surface area contributed by atoms with Crippen LogP contribution in [0.4, 0.5) is 0 Å². The molecule has 0 aromatic carbocycles. The molecule has 0 aliphatic carbocycles. The van der Waals surface area contributed by atoms with E-state index in [2.05, 4.69) is 27.8 Å². The number of aliphatic hydroxyl groups is 2. The Morgan fingerprint density at radius 2 is 1.45 bits per heavy atom. The van der Waals surface area contributed by atoms with E-state index in [-0.39, 0.29) is 13.3 Å². The van der Waals surface area contributed by atoms with Crippen LogP contribution in [0.5, 0.6) is 0 Å². The highest BCUT2D eigenvalue weighted by Gasteiger charge is 2.02. The molecule has 0 spiro atoms. The van der Waals surface area contributed by atoms with E-state index in [1.54, 1.807) is 0 Å². The molecule has 8 heteroatoms. The number of rotatable bonds is 17. The fraction of sp³-hybridized carbons (Fsp3) is 1.00. The SMILES string of the molecule is CCN(CCO)CCNCCNCN(CO)CCNCCN. The Morgan fingerprint density at radius 1 is 0.818 bits per heavy atom. The lowest BCUT2D eigenvalue weighted by Crippen LogP contribution is -2.42. The molecule has 0 aromatic heterocycles. The van der Waals surface area contributed by atoms with Crippen molar-refractivity contribution >= 4 is 0 Å². The van der Waals surface area contributed by atoms with E-state index in [1.165, 1.54) is 0 Å². The maximum atomic E-state index is 9.25. The van der Waals surface area contributed by atoms with Crippen LogP contribution in [0.25, 0.3) is 0 Å². The second-order valence-electron chi connectivity index (χ2n) is 5.14. The summed E-state index contributed by atoms with van der Waals surface area (Å²) in [7, 11) is 0. The number of nitrogens with two attached hydrogens (primary N) is 1. The quantitative estimate of drug-likeness (QED) is 0.126. The molecule has 0 atom stereocenters. The molecule has 0 amide bonds. The van der Waals surface area contributed by atoms with Crippen LogP contribution in [0.15, 0.2) is 0 Å². The molecule has 0 aliphatic heterocycles. The van der Waals surface area contributed by atoms with Gasteiger partial charge >= 0.3 is 0 Å². The standard InChI is InChI=1S/C14H36N6O2/c1-2-19(11-12-21)9-7-17-5-6-18-13-20(14-22)10-8-16-4-3-15/h16-18,21-22H,2-15H2,1H3. The molecular weight excluding hydrogens is 284 g/mol. The normalized spacial score (nSPS) is 11.7. The van der Waals surface area contributed by atoms with Crippen LogP contribution >= 0.6 is 0 Å². The van der Waals surface area contributed by atoms with E-state index < -0.39 is 0 Å². The smallest absolute Gasteiger partial charge is 0.0967 e. The maximum absolute atomic E-state index is 9.25. The first-order chi connectivity index (χ1) is 10.8. The molecule has 8 nitrogen and oxygen atoms in total. The average Bonchev–Trinajstić information content (AvgIpc) is 2.54. The topological polar surface area (TPSA) is 109 Å². The molecule has 0 fully saturated rings. The highest BCUT2D eigenvalue weighted by atomic mass is 16.3. The van der Waals surface area contributed by atoms with Gasteiger partial charge in [0.05, 0.1) is 20.0 Å². The molecule has 0 aromatic rings. The first kappa shape index (κ1) is 21.7. The number of aliphatic hydroxyl groups excluding tert-OH is 2. The summed E-state index contributed by atoms with van der Waals surface area (Å²) >= 11 is 0. The lowest BCUT2D eigenvalue weighted by Gasteiger charge is -2.21. The predicted molar refractivity (Wildman–Crippen MR) is 90.7 cm³/mol. The van der Waals surface area contributed by atoms with Crippen molar-refractivity contribution in [3.8, 4) is 0 Å². The summed E-state index contributed by atoms with van der Waals surface area (Å²) in [6.07, 6.45) is 0. The molecule has 0 rings (SSSR count). The fourth-order valence-electron chi connectivity index (χ4n) is 2.01. The van der Waals surface area contributed by atoms with Gasteiger partial charge in [-0.2, -0.15) is 0 Å². The number of hydrogen-bond acceptors (Lipinski definition) is 8. The zero-order chi connectivity index (χ0) is 16.5. The molecule has 0 bridgehead atoms. The number of nitrogens with one attached hydrogen (secondary N) is 3. The first-order valence-electron chi connectivity index (χ1n) is 8.27. The summed E-state index contributed by atoms with van der Waals surface area (Å²) in [6, 6.07) is 0. The zero-order valence-electron chi connectivity index (χ0n) is 14.1.